The molecule has 1 saturated heterocycles. The maximum absolute atomic E-state index is 6.23. The van der Waals surface area contributed by atoms with Crippen molar-refractivity contribution in [2.24, 2.45) is 0 Å². The van der Waals surface area contributed by atoms with Crippen LogP contribution < -0.4 is 0 Å². The highest BCUT2D eigenvalue weighted by Crippen LogP contribution is 2.25. The maximum atomic E-state index is 6.23. The molecule has 1 fully saturated rings. The fourth-order valence-electron chi connectivity index (χ4n) is 2.34. The smallest absolute Gasteiger partial charge is 0.0703 e. The van der Waals surface area contributed by atoms with Gasteiger partial charge in [-0.15, -0.1) is 0 Å². The molecule has 0 N–H and O–H groups in total. The van der Waals surface area contributed by atoms with Crippen molar-refractivity contribution in [2.45, 2.75) is 32.0 Å². The van der Waals surface area contributed by atoms with E-state index in [-0.39, 0.29) is 0 Å². The number of ether oxygens (including phenoxy) is 1. The van der Waals surface area contributed by atoms with Crippen LogP contribution in [0.5, 0.6) is 0 Å². The van der Waals surface area contributed by atoms with E-state index < -0.39 is 0 Å². The van der Waals surface area contributed by atoms with Gasteiger partial charge in [-0.1, -0.05) is 33.6 Å². The highest BCUT2D eigenvalue weighted by Gasteiger charge is 2.27. The van der Waals surface area contributed by atoms with Crippen molar-refractivity contribution in [2.75, 3.05) is 13.7 Å². The van der Waals surface area contributed by atoms with Crippen LogP contribution in [0, 0.1) is 0 Å². The van der Waals surface area contributed by atoms with Crippen LogP contribution in [-0.4, -0.2) is 30.7 Å². The van der Waals surface area contributed by atoms with Crippen LogP contribution in [0.4, 0.5) is 0 Å². The fraction of sp³-hybridized carbons (Fsp3) is 0.538. The van der Waals surface area contributed by atoms with Crippen LogP contribution in [0.1, 0.15) is 18.9 Å². The number of halogens is 2. The molecule has 0 amide bonds. The molecule has 2 unspecified atom stereocenters. The zero-order valence-electron chi connectivity index (χ0n) is 10.1. The second-order valence-corrected chi connectivity index (χ2v) is 5.91. The van der Waals surface area contributed by atoms with E-state index in [4.69, 9.17) is 16.3 Å². The van der Waals surface area contributed by atoms with Gasteiger partial charge in [-0.2, -0.15) is 0 Å². The van der Waals surface area contributed by atoms with Crippen molar-refractivity contribution >= 4 is 27.5 Å². The van der Waals surface area contributed by atoms with Crippen molar-refractivity contribution in [3.8, 4) is 0 Å². The Bertz CT molecular complexity index is 399. The van der Waals surface area contributed by atoms with Crippen molar-refractivity contribution in [3.63, 3.8) is 0 Å². The first-order chi connectivity index (χ1) is 8.08. The van der Waals surface area contributed by atoms with Gasteiger partial charge < -0.3 is 4.74 Å². The largest absolute Gasteiger partial charge is 0.377 e. The van der Waals surface area contributed by atoms with Crippen molar-refractivity contribution in [3.05, 3.63) is 33.3 Å². The third-order valence-corrected chi connectivity index (χ3v) is 4.18. The summed E-state index contributed by atoms with van der Waals surface area (Å²) in [6.07, 6.45) is 1.42. The molecule has 0 radical (unpaired) electrons. The highest BCUT2D eigenvalue weighted by molar-refractivity contribution is 9.10. The molecule has 0 bridgehead atoms. The third kappa shape index (κ3) is 3.22. The predicted molar refractivity (Wildman–Crippen MR) is 74.4 cm³/mol. The SMILES string of the molecule is CC1OCCC1N(C)Cc1ccc(Br)cc1Cl. The van der Waals surface area contributed by atoms with Gasteiger partial charge in [0.2, 0.25) is 0 Å². The summed E-state index contributed by atoms with van der Waals surface area (Å²) in [6, 6.07) is 6.54. The van der Waals surface area contributed by atoms with E-state index in [0.29, 0.717) is 12.1 Å². The molecule has 2 nitrogen and oxygen atoms in total. The Kier molecular flexibility index (Phi) is 4.47. The first kappa shape index (κ1) is 13.3. The molecule has 94 valence electrons. The molecule has 1 aliphatic rings. The summed E-state index contributed by atoms with van der Waals surface area (Å²) in [4.78, 5) is 2.33. The van der Waals surface area contributed by atoms with Crippen LogP contribution in [0.15, 0.2) is 22.7 Å². The molecule has 17 heavy (non-hydrogen) atoms. The van der Waals surface area contributed by atoms with Crippen molar-refractivity contribution in [1.82, 2.24) is 4.90 Å². The van der Waals surface area contributed by atoms with Crippen LogP contribution in [-0.2, 0) is 11.3 Å². The number of benzene rings is 1. The molecule has 0 aromatic heterocycles. The summed E-state index contributed by atoms with van der Waals surface area (Å²) in [5.74, 6) is 0. The summed E-state index contributed by atoms with van der Waals surface area (Å²) in [6.45, 7) is 3.87. The number of hydrogen-bond donors (Lipinski definition) is 0. The van der Waals surface area contributed by atoms with E-state index in [1.165, 1.54) is 0 Å². The van der Waals surface area contributed by atoms with Gasteiger partial charge in [0.15, 0.2) is 0 Å². The molecular weight excluding hydrogens is 302 g/mol. The van der Waals surface area contributed by atoms with Crippen molar-refractivity contribution < 1.29 is 4.74 Å². The lowest BCUT2D eigenvalue weighted by Gasteiger charge is -2.26. The summed E-state index contributed by atoms with van der Waals surface area (Å²) in [5, 5.41) is 0.817. The van der Waals surface area contributed by atoms with E-state index in [1.54, 1.807) is 0 Å². The quantitative estimate of drug-likeness (QED) is 0.842. The lowest BCUT2D eigenvalue weighted by molar-refractivity contribution is 0.0814. The highest BCUT2D eigenvalue weighted by atomic mass is 79.9. The Morgan fingerprint density at radius 2 is 2.29 bits per heavy atom. The molecule has 2 atom stereocenters. The van der Waals surface area contributed by atoms with E-state index in [1.807, 2.05) is 12.1 Å². The minimum Gasteiger partial charge on any atom is -0.377 e. The first-order valence-corrected chi connectivity index (χ1v) is 7.01. The molecular formula is C13H17BrClNO. The van der Waals surface area contributed by atoms with Gasteiger partial charge in [0, 0.05) is 28.7 Å². The Labute approximate surface area is 116 Å². The molecule has 1 aromatic carbocycles. The normalized spacial score (nSPS) is 24.5. The summed E-state index contributed by atoms with van der Waals surface area (Å²) >= 11 is 9.65. The summed E-state index contributed by atoms with van der Waals surface area (Å²) in [7, 11) is 2.13. The lowest BCUT2D eigenvalue weighted by atomic mass is 10.1. The van der Waals surface area contributed by atoms with Crippen LogP contribution in [0.25, 0.3) is 0 Å². The zero-order valence-corrected chi connectivity index (χ0v) is 12.5. The number of rotatable bonds is 3. The second kappa shape index (κ2) is 5.70. The molecule has 1 aromatic rings. The van der Waals surface area contributed by atoms with Gasteiger partial charge in [0.05, 0.1) is 6.10 Å². The number of likely N-dealkylation sites (N-methyl/N-ethyl adjacent to an activating group) is 1. The average molecular weight is 319 g/mol. The molecule has 1 aliphatic heterocycles. The topological polar surface area (TPSA) is 12.5 Å². The predicted octanol–water partition coefficient (Wildman–Crippen LogP) is 3.71. The van der Waals surface area contributed by atoms with Gasteiger partial charge in [0.25, 0.3) is 0 Å². The Morgan fingerprint density at radius 3 is 2.88 bits per heavy atom. The summed E-state index contributed by atoms with van der Waals surface area (Å²) in [5.41, 5.74) is 1.16. The third-order valence-electron chi connectivity index (χ3n) is 3.34. The zero-order chi connectivity index (χ0) is 12.4. The van der Waals surface area contributed by atoms with Gasteiger partial charge in [-0.25, -0.2) is 0 Å². The lowest BCUT2D eigenvalue weighted by Crippen LogP contribution is -2.36. The van der Waals surface area contributed by atoms with Gasteiger partial charge >= 0.3 is 0 Å². The van der Waals surface area contributed by atoms with E-state index in [2.05, 4.69) is 40.9 Å². The average Bonchev–Trinajstić information content (AvgIpc) is 2.68. The van der Waals surface area contributed by atoms with E-state index in [9.17, 15) is 0 Å². The minimum absolute atomic E-state index is 0.314. The van der Waals surface area contributed by atoms with Crippen molar-refractivity contribution in [1.29, 1.82) is 0 Å². The Hall–Kier alpha value is -0.0900. The number of nitrogens with zero attached hydrogens (tertiary/aromatic N) is 1. The van der Waals surface area contributed by atoms with Gasteiger partial charge in [-0.05, 0) is 38.1 Å². The second-order valence-electron chi connectivity index (χ2n) is 4.58. The molecule has 0 spiro atoms. The fourth-order valence-corrected chi connectivity index (χ4v) is 3.07. The molecule has 1 heterocycles. The Balaban J connectivity index is 2.04. The first-order valence-electron chi connectivity index (χ1n) is 5.83. The standard InChI is InChI=1S/C13H17BrClNO/c1-9-13(5-6-17-9)16(2)8-10-3-4-11(14)7-12(10)15/h3-4,7,9,13H,5-6,8H2,1-2H3. The van der Waals surface area contributed by atoms with Gasteiger partial charge in [-0.3, -0.25) is 4.90 Å². The molecule has 2 rings (SSSR count). The molecule has 0 aliphatic carbocycles. The van der Waals surface area contributed by atoms with E-state index in [0.717, 1.165) is 34.6 Å². The number of hydrogen-bond acceptors (Lipinski definition) is 2. The monoisotopic (exact) mass is 317 g/mol. The maximum Gasteiger partial charge on any atom is 0.0703 e. The van der Waals surface area contributed by atoms with E-state index >= 15 is 0 Å². The van der Waals surface area contributed by atoms with Crippen LogP contribution >= 0.6 is 27.5 Å². The molecule has 4 heteroatoms. The molecule has 0 saturated carbocycles. The Morgan fingerprint density at radius 1 is 1.53 bits per heavy atom. The van der Waals surface area contributed by atoms with Crippen LogP contribution in [0.3, 0.4) is 0 Å². The minimum atomic E-state index is 0.314. The van der Waals surface area contributed by atoms with Crippen LogP contribution in [0.2, 0.25) is 5.02 Å². The van der Waals surface area contributed by atoms with Gasteiger partial charge in [0.1, 0.15) is 0 Å². The summed E-state index contributed by atoms with van der Waals surface area (Å²) < 4.78 is 6.61.